The Kier molecular flexibility index (Phi) is 7.66. The highest BCUT2D eigenvalue weighted by molar-refractivity contribution is 7.90. The smallest absolute Gasteiger partial charge is 0.410 e. The standard InChI is InChI=1S/C25H42N2O4SSi/c1-23(2,3)32(29)26-21-14-20(31-33(7,8)24(4,5)6)15-25(21)17-27(18-25)22(28)30-16-19-12-10-9-11-13-19/h9-13,20-21,26H,14-18H2,1-8H3/t20-,21+,32+/m0/s1. The molecular formula is C25H42N2O4SSi. The molecule has 1 aliphatic carbocycles. The first-order valence-corrected chi connectivity index (χ1v) is 16.0. The van der Waals surface area contributed by atoms with E-state index in [4.69, 9.17) is 9.16 Å². The molecular weight excluding hydrogens is 452 g/mol. The first kappa shape index (κ1) is 26.5. The van der Waals surface area contributed by atoms with Gasteiger partial charge in [-0.1, -0.05) is 51.1 Å². The van der Waals surface area contributed by atoms with Gasteiger partial charge in [0.1, 0.15) is 11.4 Å². The molecule has 1 aromatic rings. The summed E-state index contributed by atoms with van der Waals surface area (Å²) in [5, 5.41) is 0.132. The van der Waals surface area contributed by atoms with Crippen molar-refractivity contribution in [2.75, 3.05) is 13.1 Å². The summed E-state index contributed by atoms with van der Waals surface area (Å²) in [6.07, 6.45) is 1.53. The summed E-state index contributed by atoms with van der Waals surface area (Å²) >= 11 is -1.18. The molecule has 1 spiro atoms. The van der Waals surface area contributed by atoms with E-state index in [0.29, 0.717) is 13.1 Å². The highest BCUT2D eigenvalue weighted by Gasteiger charge is 2.59. The molecule has 0 unspecified atom stereocenters. The molecule has 2 aliphatic rings. The number of hydrogen-bond donors (Lipinski definition) is 1. The van der Waals surface area contributed by atoms with Crippen LogP contribution < -0.4 is 4.72 Å². The van der Waals surface area contributed by atoms with Gasteiger partial charge in [0.25, 0.3) is 0 Å². The zero-order valence-electron chi connectivity index (χ0n) is 21.6. The van der Waals surface area contributed by atoms with Crippen LogP contribution in [0.5, 0.6) is 0 Å². The second kappa shape index (κ2) is 9.53. The Hall–Kier alpha value is -1.06. The van der Waals surface area contributed by atoms with Crippen LogP contribution in [0.2, 0.25) is 18.1 Å². The van der Waals surface area contributed by atoms with Crippen molar-refractivity contribution in [2.45, 2.75) is 96.0 Å². The molecule has 33 heavy (non-hydrogen) atoms. The summed E-state index contributed by atoms with van der Waals surface area (Å²) in [5.74, 6) is 0. The van der Waals surface area contributed by atoms with Crippen molar-refractivity contribution in [3.63, 3.8) is 0 Å². The summed E-state index contributed by atoms with van der Waals surface area (Å²) < 4.78 is 28.3. The van der Waals surface area contributed by atoms with Gasteiger partial charge in [-0.05, 0) is 57.3 Å². The number of carbonyl (C=O) groups excluding carboxylic acids is 1. The fraction of sp³-hybridized carbons (Fsp3) is 0.720. The number of ether oxygens (including phenoxy) is 1. The second-order valence-corrected chi connectivity index (χ2v) is 19.0. The molecule has 1 heterocycles. The van der Waals surface area contributed by atoms with Crippen LogP contribution in [0.15, 0.2) is 30.3 Å². The van der Waals surface area contributed by atoms with Gasteiger partial charge in [0.15, 0.2) is 8.32 Å². The largest absolute Gasteiger partial charge is 0.598 e. The van der Waals surface area contributed by atoms with Crippen molar-refractivity contribution in [1.82, 2.24) is 9.62 Å². The number of carbonyl (C=O) groups is 1. The molecule has 2 fully saturated rings. The van der Waals surface area contributed by atoms with Crippen molar-refractivity contribution in [3.8, 4) is 0 Å². The van der Waals surface area contributed by atoms with Crippen LogP contribution in [-0.4, -0.2) is 53.8 Å². The van der Waals surface area contributed by atoms with Gasteiger partial charge in [0, 0.05) is 36.0 Å². The molecule has 1 amide bonds. The zero-order chi connectivity index (χ0) is 24.7. The van der Waals surface area contributed by atoms with Crippen molar-refractivity contribution < 1.29 is 18.5 Å². The first-order valence-electron chi connectivity index (χ1n) is 11.9. The molecule has 186 valence electrons. The Balaban J connectivity index is 1.66. The number of amides is 1. The van der Waals surface area contributed by atoms with Gasteiger partial charge in [-0.3, -0.25) is 0 Å². The third-order valence-corrected chi connectivity index (χ3v) is 13.6. The third kappa shape index (κ3) is 6.14. The number of hydrogen-bond acceptors (Lipinski definition) is 5. The number of likely N-dealkylation sites (tertiary alicyclic amines) is 1. The monoisotopic (exact) mass is 494 g/mol. The van der Waals surface area contributed by atoms with Crippen LogP contribution in [0.3, 0.4) is 0 Å². The highest BCUT2D eigenvalue weighted by Crippen LogP contribution is 2.49. The molecule has 0 radical (unpaired) electrons. The van der Waals surface area contributed by atoms with Crippen LogP contribution in [0.4, 0.5) is 4.79 Å². The molecule has 1 aromatic carbocycles. The minimum atomic E-state index is -1.93. The van der Waals surface area contributed by atoms with Gasteiger partial charge in [-0.2, -0.15) is 0 Å². The van der Waals surface area contributed by atoms with E-state index in [1.165, 1.54) is 0 Å². The molecule has 1 saturated carbocycles. The molecule has 8 heteroatoms. The summed E-state index contributed by atoms with van der Waals surface area (Å²) in [6, 6.07) is 9.77. The van der Waals surface area contributed by atoms with Crippen LogP contribution in [-0.2, 0) is 27.1 Å². The predicted molar refractivity (Wildman–Crippen MR) is 137 cm³/mol. The van der Waals surface area contributed by atoms with Gasteiger partial charge < -0.3 is 18.6 Å². The maximum Gasteiger partial charge on any atom is 0.410 e. The lowest BCUT2D eigenvalue weighted by atomic mass is 9.75. The summed E-state index contributed by atoms with van der Waals surface area (Å²) in [4.78, 5) is 14.4. The molecule has 0 bridgehead atoms. The molecule has 1 saturated heterocycles. The fourth-order valence-corrected chi connectivity index (χ4v) is 6.68. The Morgan fingerprint density at radius 2 is 1.79 bits per heavy atom. The first-order chi connectivity index (χ1) is 15.1. The van der Waals surface area contributed by atoms with Gasteiger partial charge >= 0.3 is 6.09 Å². The lowest BCUT2D eigenvalue weighted by molar-refractivity contribution is -0.0181. The van der Waals surface area contributed by atoms with Crippen molar-refractivity contribution in [3.05, 3.63) is 35.9 Å². The van der Waals surface area contributed by atoms with Crippen LogP contribution in [0.25, 0.3) is 0 Å². The fourth-order valence-electron chi connectivity index (χ4n) is 4.36. The normalized spacial score (nSPS) is 24.0. The molecule has 3 rings (SSSR count). The Bertz CT molecular complexity index is 816. The van der Waals surface area contributed by atoms with E-state index in [2.05, 4.69) is 38.6 Å². The Labute approximate surface area is 204 Å². The molecule has 0 aromatic heterocycles. The topological polar surface area (TPSA) is 73.9 Å². The van der Waals surface area contributed by atoms with E-state index in [0.717, 1.165) is 18.4 Å². The van der Waals surface area contributed by atoms with Gasteiger partial charge in [-0.25, -0.2) is 4.79 Å². The van der Waals surface area contributed by atoms with E-state index >= 15 is 0 Å². The number of rotatable bonds is 6. The Morgan fingerprint density at radius 3 is 2.33 bits per heavy atom. The number of nitrogens with one attached hydrogen (secondary N) is 1. The van der Waals surface area contributed by atoms with Crippen LogP contribution in [0, 0.1) is 5.41 Å². The summed E-state index contributed by atoms with van der Waals surface area (Å²) in [5.41, 5.74) is 0.851. The number of benzene rings is 1. The second-order valence-electron chi connectivity index (χ2n) is 12.3. The third-order valence-electron chi connectivity index (χ3n) is 7.42. The molecule has 1 N–H and O–H groups in total. The lowest BCUT2D eigenvalue weighted by Gasteiger charge is -2.50. The number of nitrogens with zero attached hydrogens (tertiary/aromatic N) is 1. The van der Waals surface area contributed by atoms with E-state index in [1.807, 2.05) is 51.1 Å². The van der Waals surface area contributed by atoms with Gasteiger partial charge in [0.05, 0.1) is 6.04 Å². The molecule has 6 nitrogen and oxygen atoms in total. The predicted octanol–water partition coefficient (Wildman–Crippen LogP) is 5.23. The quantitative estimate of drug-likeness (QED) is 0.433. The molecule has 3 atom stereocenters. The SMILES string of the molecule is CC(C)(C)[S@@+]([O-])N[C@@H]1C[C@H](O[Si](C)(C)C(C)(C)C)CC12CN(C(=O)OCc1ccccc1)C2. The van der Waals surface area contributed by atoms with Crippen molar-refractivity contribution in [2.24, 2.45) is 5.41 Å². The lowest BCUT2D eigenvalue weighted by Crippen LogP contribution is -2.65. The zero-order valence-corrected chi connectivity index (χ0v) is 23.4. The van der Waals surface area contributed by atoms with E-state index in [9.17, 15) is 9.35 Å². The summed E-state index contributed by atoms with van der Waals surface area (Å²) in [7, 11) is -1.93. The highest BCUT2D eigenvalue weighted by atomic mass is 32.2. The summed E-state index contributed by atoms with van der Waals surface area (Å²) in [6.45, 7) is 18.8. The molecule has 1 aliphatic heterocycles. The van der Waals surface area contributed by atoms with E-state index < -0.39 is 19.7 Å². The van der Waals surface area contributed by atoms with E-state index in [1.54, 1.807) is 4.90 Å². The minimum absolute atomic E-state index is 0.0468. The Morgan fingerprint density at radius 1 is 1.18 bits per heavy atom. The maximum atomic E-state index is 12.9. The average molecular weight is 495 g/mol. The van der Waals surface area contributed by atoms with Crippen molar-refractivity contribution >= 4 is 25.8 Å². The average Bonchev–Trinajstić information content (AvgIpc) is 3.01. The van der Waals surface area contributed by atoms with Crippen LogP contribution >= 0.6 is 0 Å². The minimum Gasteiger partial charge on any atom is -0.598 e. The van der Waals surface area contributed by atoms with Crippen molar-refractivity contribution in [1.29, 1.82) is 0 Å². The van der Waals surface area contributed by atoms with E-state index in [-0.39, 0.29) is 40.0 Å². The van der Waals surface area contributed by atoms with Gasteiger partial charge in [0.2, 0.25) is 0 Å². The van der Waals surface area contributed by atoms with Crippen LogP contribution in [0.1, 0.15) is 59.9 Å². The van der Waals surface area contributed by atoms with Gasteiger partial charge in [-0.15, -0.1) is 4.72 Å². The maximum absolute atomic E-state index is 12.9.